The minimum absolute atomic E-state index is 0. The summed E-state index contributed by atoms with van der Waals surface area (Å²) in [7, 11) is 5.04. The van der Waals surface area contributed by atoms with Crippen LogP contribution in [0.2, 0.25) is 0 Å². The number of nitrogens with one attached hydrogen (secondary N) is 2. The highest BCUT2D eigenvalue weighted by Gasteiger charge is 2.19. The molecule has 0 aliphatic carbocycles. The summed E-state index contributed by atoms with van der Waals surface area (Å²) in [6.45, 7) is 7.59. The smallest absolute Gasteiger partial charge is 0.213 e. The van der Waals surface area contributed by atoms with Gasteiger partial charge in [0.25, 0.3) is 0 Å². The van der Waals surface area contributed by atoms with Crippen LogP contribution in [0.3, 0.4) is 0 Å². The predicted octanol–water partition coefficient (Wildman–Crippen LogP) is 3.91. The maximum absolute atomic E-state index is 5.79. The van der Waals surface area contributed by atoms with Crippen LogP contribution in [0.25, 0.3) is 0 Å². The summed E-state index contributed by atoms with van der Waals surface area (Å²) >= 11 is 0. The van der Waals surface area contributed by atoms with Gasteiger partial charge in [0.15, 0.2) is 17.5 Å². The minimum Gasteiger partial charge on any atom is -0.493 e. The molecule has 0 fully saturated rings. The molecule has 7 nitrogen and oxygen atoms in total. The number of guanidine groups is 1. The first-order chi connectivity index (χ1) is 13.4. The van der Waals surface area contributed by atoms with Crippen LogP contribution in [-0.2, 0) is 18.4 Å². The number of oxazole rings is 1. The lowest BCUT2D eigenvalue weighted by atomic mass is 9.94. The molecule has 29 heavy (non-hydrogen) atoms. The van der Waals surface area contributed by atoms with Crippen molar-refractivity contribution >= 4 is 29.9 Å². The summed E-state index contributed by atoms with van der Waals surface area (Å²) in [6.07, 6.45) is 3.68. The highest BCUT2D eigenvalue weighted by molar-refractivity contribution is 14.0. The van der Waals surface area contributed by atoms with E-state index in [0.717, 1.165) is 42.6 Å². The second-order valence-corrected chi connectivity index (χ2v) is 7.51. The van der Waals surface area contributed by atoms with Crippen LogP contribution in [-0.4, -0.2) is 38.8 Å². The molecule has 0 radical (unpaired) electrons. The van der Waals surface area contributed by atoms with Crippen molar-refractivity contribution in [2.45, 2.75) is 45.6 Å². The fourth-order valence-electron chi connectivity index (χ4n) is 2.65. The van der Waals surface area contributed by atoms with Crippen LogP contribution in [0.15, 0.2) is 33.8 Å². The van der Waals surface area contributed by atoms with Gasteiger partial charge in [-0.3, -0.25) is 4.99 Å². The number of rotatable bonds is 8. The molecular formula is C21H33IN4O3. The Morgan fingerprint density at radius 1 is 1.14 bits per heavy atom. The number of aryl methyl sites for hydroxylation is 1. The first-order valence-electron chi connectivity index (χ1n) is 9.48. The maximum atomic E-state index is 5.79. The Bertz CT molecular complexity index is 784. The average Bonchev–Trinajstić information content (AvgIpc) is 3.16. The first kappa shape index (κ1) is 25.1. The molecule has 0 amide bonds. The van der Waals surface area contributed by atoms with Crippen molar-refractivity contribution < 1.29 is 13.9 Å². The monoisotopic (exact) mass is 516 g/mol. The van der Waals surface area contributed by atoms with E-state index in [4.69, 9.17) is 13.9 Å². The molecule has 0 aliphatic rings. The van der Waals surface area contributed by atoms with E-state index in [1.807, 2.05) is 12.1 Å². The summed E-state index contributed by atoms with van der Waals surface area (Å²) in [4.78, 5) is 8.56. The van der Waals surface area contributed by atoms with Crippen molar-refractivity contribution in [3.05, 3.63) is 41.6 Å². The van der Waals surface area contributed by atoms with Gasteiger partial charge in [-0.15, -0.1) is 24.0 Å². The van der Waals surface area contributed by atoms with Gasteiger partial charge in [0, 0.05) is 19.0 Å². The maximum Gasteiger partial charge on any atom is 0.213 e. The zero-order chi connectivity index (χ0) is 20.6. The number of halogens is 1. The molecule has 2 N–H and O–H groups in total. The van der Waals surface area contributed by atoms with Gasteiger partial charge < -0.3 is 24.5 Å². The van der Waals surface area contributed by atoms with E-state index in [1.165, 1.54) is 5.56 Å². The van der Waals surface area contributed by atoms with E-state index in [9.17, 15) is 0 Å². The van der Waals surface area contributed by atoms with Crippen molar-refractivity contribution in [3.63, 3.8) is 0 Å². The van der Waals surface area contributed by atoms with E-state index in [0.29, 0.717) is 12.4 Å². The highest BCUT2D eigenvalue weighted by atomic mass is 127. The Labute approximate surface area is 190 Å². The molecule has 1 aromatic carbocycles. The molecule has 1 aromatic heterocycles. The average molecular weight is 516 g/mol. The van der Waals surface area contributed by atoms with E-state index in [1.54, 1.807) is 27.5 Å². The standard InChI is InChI=1S/C21H32N4O3.HI/c1-21(2,3)18-13-24-19(28-18)14-25-20(22-4)23-11-7-8-15-9-10-16(26-5)17(12-15)27-6;/h9-10,12-13H,7-8,11,14H2,1-6H3,(H2,22,23,25);1H. The summed E-state index contributed by atoms with van der Waals surface area (Å²) in [5, 5.41) is 6.54. The molecule has 8 heteroatoms. The van der Waals surface area contributed by atoms with Gasteiger partial charge in [-0.1, -0.05) is 26.8 Å². The fourth-order valence-corrected chi connectivity index (χ4v) is 2.65. The number of ether oxygens (including phenoxy) is 2. The number of benzene rings is 1. The molecule has 0 saturated carbocycles. The molecule has 0 aliphatic heterocycles. The van der Waals surface area contributed by atoms with Gasteiger partial charge in [-0.2, -0.15) is 0 Å². The van der Waals surface area contributed by atoms with E-state index in [-0.39, 0.29) is 29.4 Å². The second-order valence-electron chi connectivity index (χ2n) is 7.51. The molecule has 0 saturated heterocycles. The van der Waals surface area contributed by atoms with Crippen LogP contribution in [0.5, 0.6) is 11.5 Å². The predicted molar refractivity (Wildman–Crippen MR) is 127 cm³/mol. The molecule has 0 bridgehead atoms. The van der Waals surface area contributed by atoms with Crippen molar-refractivity contribution in [2.24, 2.45) is 4.99 Å². The van der Waals surface area contributed by atoms with Gasteiger partial charge >= 0.3 is 0 Å². The lowest BCUT2D eigenvalue weighted by molar-refractivity contribution is 0.354. The Morgan fingerprint density at radius 3 is 2.45 bits per heavy atom. The number of aromatic nitrogens is 1. The molecule has 162 valence electrons. The third-order valence-electron chi connectivity index (χ3n) is 4.31. The molecule has 2 aromatic rings. The number of hydrogen-bond donors (Lipinski definition) is 2. The van der Waals surface area contributed by atoms with Crippen molar-refractivity contribution in [1.29, 1.82) is 0 Å². The SMILES string of the molecule is CN=C(NCCCc1ccc(OC)c(OC)c1)NCc1ncc(C(C)(C)C)o1.I. The third-order valence-corrected chi connectivity index (χ3v) is 4.31. The fraction of sp³-hybridized carbons (Fsp3) is 0.524. The van der Waals surface area contributed by atoms with Gasteiger partial charge in [0.05, 0.1) is 27.0 Å². The van der Waals surface area contributed by atoms with Gasteiger partial charge in [-0.05, 0) is 30.5 Å². The second kappa shape index (κ2) is 11.9. The molecule has 0 spiro atoms. The topological polar surface area (TPSA) is 80.9 Å². The normalized spacial score (nSPS) is 11.6. The zero-order valence-corrected chi connectivity index (χ0v) is 20.5. The van der Waals surface area contributed by atoms with Gasteiger partial charge in [0.1, 0.15) is 5.76 Å². The Balaban J connectivity index is 0.00000420. The zero-order valence-electron chi connectivity index (χ0n) is 18.2. The number of nitrogens with zero attached hydrogens (tertiary/aromatic N) is 2. The lowest BCUT2D eigenvalue weighted by Crippen LogP contribution is -2.37. The van der Waals surface area contributed by atoms with E-state index < -0.39 is 0 Å². The third kappa shape index (κ3) is 7.75. The van der Waals surface area contributed by atoms with E-state index in [2.05, 4.69) is 47.4 Å². The number of aliphatic imine (C=N–C) groups is 1. The van der Waals surface area contributed by atoms with Gasteiger partial charge in [-0.25, -0.2) is 4.98 Å². The summed E-state index contributed by atoms with van der Waals surface area (Å²) in [6, 6.07) is 6.01. The van der Waals surface area contributed by atoms with Crippen LogP contribution < -0.4 is 20.1 Å². The largest absolute Gasteiger partial charge is 0.493 e. The minimum atomic E-state index is -0.0463. The molecule has 0 unspecified atom stereocenters. The van der Waals surface area contributed by atoms with Crippen LogP contribution in [0.1, 0.15) is 44.4 Å². The lowest BCUT2D eigenvalue weighted by Gasteiger charge is -2.13. The van der Waals surface area contributed by atoms with Crippen molar-refractivity contribution in [1.82, 2.24) is 15.6 Å². The Kier molecular flexibility index (Phi) is 10.3. The van der Waals surface area contributed by atoms with E-state index >= 15 is 0 Å². The number of hydrogen-bond acceptors (Lipinski definition) is 5. The Hall–Kier alpha value is -1.97. The van der Waals surface area contributed by atoms with Crippen LogP contribution in [0, 0.1) is 0 Å². The summed E-state index contributed by atoms with van der Waals surface area (Å²) in [5.74, 6) is 3.75. The summed E-state index contributed by atoms with van der Waals surface area (Å²) < 4.78 is 16.4. The quantitative estimate of drug-likeness (QED) is 0.240. The summed E-state index contributed by atoms with van der Waals surface area (Å²) in [5.41, 5.74) is 1.16. The van der Waals surface area contributed by atoms with Crippen molar-refractivity contribution in [3.8, 4) is 11.5 Å². The van der Waals surface area contributed by atoms with Crippen molar-refractivity contribution in [2.75, 3.05) is 27.8 Å². The van der Waals surface area contributed by atoms with Crippen LogP contribution in [0.4, 0.5) is 0 Å². The molecular weight excluding hydrogens is 483 g/mol. The Morgan fingerprint density at radius 2 is 1.86 bits per heavy atom. The highest BCUT2D eigenvalue weighted by Crippen LogP contribution is 2.27. The molecule has 1 heterocycles. The van der Waals surface area contributed by atoms with Crippen LogP contribution >= 0.6 is 24.0 Å². The molecule has 0 atom stereocenters. The first-order valence-corrected chi connectivity index (χ1v) is 9.48. The van der Waals surface area contributed by atoms with Gasteiger partial charge in [0.2, 0.25) is 5.89 Å². The molecule has 2 rings (SSSR count). The number of methoxy groups -OCH3 is 2.